The molecule has 1 aliphatic heterocycles. The van der Waals surface area contributed by atoms with Crippen LogP contribution in [0.3, 0.4) is 0 Å². The van der Waals surface area contributed by atoms with Gasteiger partial charge in [0.2, 0.25) is 5.91 Å². The monoisotopic (exact) mass is 235 g/mol. The fraction of sp³-hybridized carbons (Fsp3) is 0.273. The standard InChI is InChI=1S/C11H11N2O4/c14-10(8-6-9(12-8)11(15)16)13(17)7-4-2-1-3-5-7/h1-5,8-9,12H,6H2,(H,15,16)/q-1. The maximum absolute atomic E-state index is 11.7. The third kappa shape index (κ3) is 2.27. The Morgan fingerprint density at radius 2 is 1.88 bits per heavy atom. The van der Waals surface area contributed by atoms with Gasteiger partial charge in [-0.05, 0) is 18.6 Å². The molecule has 0 radical (unpaired) electrons. The number of amides is 1. The highest BCUT2D eigenvalue weighted by Gasteiger charge is 2.38. The Hall–Kier alpha value is -1.92. The van der Waals surface area contributed by atoms with Gasteiger partial charge in [-0.3, -0.25) is 14.9 Å². The lowest BCUT2D eigenvalue weighted by Gasteiger charge is -2.39. The number of carboxylic acids is 1. The van der Waals surface area contributed by atoms with Crippen molar-refractivity contribution in [2.45, 2.75) is 18.5 Å². The number of rotatable bonds is 3. The van der Waals surface area contributed by atoms with Crippen LogP contribution in [-0.2, 0) is 9.59 Å². The third-order valence-electron chi connectivity index (χ3n) is 2.66. The van der Waals surface area contributed by atoms with Crippen LogP contribution in [0.1, 0.15) is 6.42 Å². The van der Waals surface area contributed by atoms with E-state index in [1.54, 1.807) is 18.2 Å². The van der Waals surface area contributed by atoms with Gasteiger partial charge < -0.3 is 15.4 Å². The topological polar surface area (TPSA) is 92.7 Å². The van der Waals surface area contributed by atoms with Crippen molar-refractivity contribution in [2.75, 3.05) is 5.06 Å². The van der Waals surface area contributed by atoms with Gasteiger partial charge in [0.25, 0.3) is 0 Å². The molecule has 90 valence electrons. The summed E-state index contributed by atoms with van der Waals surface area (Å²) in [7, 11) is 0. The number of benzene rings is 1. The zero-order valence-electron chi connectivity index (χ0n) is 8.87. The smallest absolute Gasteiger partial charge is 0.320 e. The van der Waals surface area contributed by atoms with Crippen molar-refractivity contribution in [3.05, 3.63) is 35.5 Å². The van der Waals surface area contributed by atoms with Crippen LogP contribution in [0.15, 0.2) is 30.3 Å². The molecule has 1 heterocycles. The predicted molar refractivity (Wildman–Crippen MR) is 60.3 cm³/mol. The van der Waals surface area contributed by atoms with Crippen molar-refractivity contribution in [3.63, 3.8) is 0 Å². The summed E-state index contributed by atoms with van der Waals surface area (Å²) in [6.07, 6.45) is 0.153. The van der Waals surface area contributed by atoms with Gasteiger partial charge in [0.15, 0.2) is 0 Å². The minimum Gasteiger partial charge on any atom is -0.752 e. The van der Waals surface area contributed by atoms with Crippen LogP contribution in [0.2, 0.25) is 0 Å². The van der Waals surface area contributed by atoms with E-state index in [1.165, 1.54) is 12.1 Å². The number of para-hydroxylation sites is 1. The van der Waals surface area contributed by atoms with Crippen molar-refractivity contribution in [1.82, 2.24) is 5.32 Å². The first-order valence-electron chi connectivity index (χ1n) is 5.14. The van der Waals surface area contributed by atoms with Crippen LogP contribution in [0, 0.1) is 5.21 Å². The first-order chi connectivity index (χ1) is 8.09. The van der Waals surface area contributed by atoms with E-state index in [9.17, 15) is 14.8 Å². The lowest BCUT2D eigenvalue weighted by molar-refractivity contribution is -0.143. The highest BCUT2D eigenvalue weighted by molar-refractivity contribution is 5.99. The van der Waals surface area contributed by atoms with Gasteiger partial charge >= 0.3 is 5.97 Å². The minimum atomic E-state index is -1.01. The van der Waals surface area contributed by atoms with Gasteiger partial charge in [0.1, 0.15) is 6.04 Å². The highest BCUT2D eigenvalue weighted by atomic mass is 16.5. The minimum absolute atomic E-state index is 0.153. The lowest BCUT2D eigenvalue weighted by Crippen LogP contribution is -2.62. The number of hydrogen-bond acceptors (Lipinski definition) is 4. The Bertz CT molecular complexity index is 428. The zero-order chi connectivity index (χ0) is 12.4. The van der Waals surface area contributed by atoms with Gasteiger partial charge in [-0.25, -0.2) is 0 Å². The van der Waals surface area contributed by atoms with Crippen molar-refractivity contribution in [1.29, 1.82) is 0 Å². The first-order valence-corrected chi connectivity index (χ1v) is 5.14. The molecule has 2 rings (SSSR count). The average molecular weight is 235 g/mol. The molecular weight excluding hydrogens is 224 g/mol. The molecule has 1 amide bonds. The van der Waals surface area contributed by atoms with E-state index in [0.29, 0.717) is 0 Å². The SMILES string of the molecule is O=C(O)C1CC(C(=O)N([O-])c2ccccc2)N1. The summed E-state index contributed by atoms with van der Waals surface area (Å²) in [5.41, 5.74) is 0.248. The highest BCUT2D eigenvalue weighted by Crippen LogP contribution is 2.19. The second-order valence-electron chi connectivity index (χ2n) is 3.81. The van der Waals surface area contributed by atoms with E-state index in [-0.39, 0.29) is 17.2 Å². The molecule has 2 N–H and O–H groups in total. The van der Waals surface area contributed by atoms with Crippen LogP contribution in [-0.4, -0.2) is 29.1 Å². The predicted octanol–water partition coefficient (Wildman–Crippen LogP) is 0.332. The van der Waals surface area contributed by atoms with Gasteiger partial charge in [0, 0.05) is 5.69 Å². The van der Waals surface area contributed by atoms with E-state index in [0.717, 1.165) is 0 Å². The second kappa shape index (κ2) is 4.52. The molecule has 0 bridgehead atoms. The molecule has 1 aliphatic rings. The maximum atomic E-state index is 11.7. The third-order valence-corrected chi connectivity index (χ3v) is 2.66. The van der Waals surface area contributed by atoms with Crippen LogP contribution in [0.4, 0.5) is 5.69 Å². The normalized spacial score (nSPS) is 22.6. The first kappa shape index (κ1) is 11.6. The quantitative estimate of drug-likeness (QED) is 0.736. The maximum Gasteiger partial charge on any atom is 0.320 e. The Morgan fingerprint density at radius 1 is 1.29 bits per heavy atom. The zero-order valence-corrected chi connectivity index (χ0v) is 8.87. The van der Waals surface area contributed by atoms with Crippen LogP contribution < -0.4 is 10.4 Å². The van der Waals surface area contributed by atoms with Crippen molar-refractivity contribution in [2.24, 2.45) is 0 Å². The summed E-state index contributed by atoms with van der Waals surface area (Å²) >= 11 is 0. The van der Waals surface area contributed by atoms with Crippen molar-refractivity contribution < 1.29 is 14.7 Å². The number of hydroxylamine groups is 1. The molecule has 0 spiro atoms. The fourth-order valence-corrected chi connectivity index (χ4v) is 1.63. The van der Waals surface area contributed by atoms with E-state index >= 15 is 0 Å². The summed E-state index contributed by atoms with van der Waals surface area (Å²) in [6.45, 7) is 0. The Labute approximate surface area is 97.4 Å². The molecule has 2 atom stereocenters. The molecule has 6 heteroatoms. The summed E-state index contributed by atoms with van der Waals surface area (Å²) in [4.78, 5) is 22.2. The summed E-state index contributed by atoms with van der Waals surface area (Å²) in [5.74, 6) is -1.67. The molecule has 0 aromatic heterocycles. The molecule has 0 saturated carbocycles. The van der Waals surface area contributed by atoms with E-state index < -0.39 is 24.0 Å². The summed E-state index contributed by atoms with van der Waals surface area (Å²) in [6, 6.07) is 6.67. The molecule has 1 fully saturated rings. The molecule has 0 aliphatic carbocycles. The molecule has 2 unspecified atom stereocenters. The lowest BCUT2D eigenvalue weighted by atomic mass is 9.96. The van der Waals surface area contributed by atoms with Gasteiger partial charge in [-0.2, -0.15) is 0 Å². The number of nitrogens with one attached hydrogen (secondary N) is 1. The molecule has 1 aromatic carbocycles. The molecule has 6 nitrogen and oxygen atoms in total. The Morgan fingerprint density at radius 3 is 2.41 bits per heavy atom. The van der Waals surface area contributed by atoms with Gasteiger partial charge in [-0.15, -0.1) is 0 Å². The van der Waals surface area contributed by atoms with E-state index in [4.69, 9.17) is 5.11 Å². The van der Waals surface area contributed by atoms with Crippen LogP contribution in [0.25, 0.3) is 0 Å². The second-order valence-corrected chi connectivity index (χ2v) is 3.81. The molecule has 1 aromatic rings. The molecule has 17 heavy (non-hydrogen) atoms. The molecular formula is C11H11N2O4-. The van der Waals surface area contributed by atoms with E-state index in [1.807, 2.05) is 0 Å². The summed E-state index contributed by atoms with van der Waals surface area (Å²) in [5, 5.41) is 23.1. The number of carbonyl (C=O) groups excluding carboxylic acids is 1. The van der Waals surface area contributed by atoms with Crippen LogP contribution in [0.5, 0.6) is 0 Å². The number of carbonyl (C=O) groups is 2. The van der Waals surface area contributed by atoms with E-state index in [2.05, 4.69) is 5.32 Å². The largest absolute Gasteiger partial charge is 0.752 e. The number of aliphatic carboxylic acids is 1. The number of carboxylic acid groups (broad SMARTS) is 1. The Kier molecular flexibility index (Phi) is 3.08. The average Bonchev–Trinajstić information content (AvgIpc) is 2.26. The Balaban J connectivity index is 1.96. The number of anilines is 1. The van der Waals surface area contributed by atoms with Crippen molar-refractivity contribution >= 4 is 17.6 Å². The number of nitrogens with zero attached hydrogens (tertiary/aromatic N) is 1. The van der Waals surface area contributed by atoms with Gasteiger partial charge in [-0.1, -0.05) is 18.2 Å². The van der Waals surface area contributed by atoms with Gasteiger partial charge in [0.05, 0.1) is 6.04 Å². The number of hydrogen-bond donors (Lipinski definition) is 2. The van der Waals surface area contributed by atoms with Crippen LogP contribution >= 0.6 is 0 Å². The van der Waals surface area contributed by atoms with Crippen molar-refractivity contribution in [3.8, 4) is 0 Å². The summed E-state index contributed by atoms with van der Waals surface area (Å²) < 4.78 is 0. The molecule has 1 saturated heterocycles. The fourth-order valence-electron chi connectivity index (χ4n) is 1.63.